The minimum atomic E-state index is -0.554. The number of hydrogen-bond donors (Lipinski definition) is 0. The summed E-state index contributed by atoms with van der Waals surface area (Å²) in [5.41, 5.74) is 1.26. The SMILES string of the molecule is COCCOC(C)C(=O)N1CC2(CCC2)c2c(F)cccc21. The van der Waals surface area contributed by atoms with E-state index in [1.165, 1.54) is 6.07 Å². The first-order valence-electron chi connectivity index (χ1n) is 7.80. The zero-order valence-corrected chi connectivity index (χ0v) is 13.1. The Balaban J connectivity index is 1.81. The van der Waals surface area contributed by atoms with Crippen molar-refractivity contribution in [2.75, 3.05) is 31.8 Å². The molecule has 0 N–H and O–H groups in total. The molecule has 2 aliphatic rings. The summed E-state index contributed by atoms with van der Waals surface area (Å²) in [4.78, 5) is 14.4. The molecule has 1 aromatic carbocycles. The van der Waals surface area contributed by atoms with E-state index in [9.17, 15) is 9.18 Å². The highest BCUT2D eigenvalue weighted by molar-refractivity contribution is 5.99. The molecule has 0 bridgehead atoms. The third kappa shape index (κ3) is 2.42. The fourth-order valence-corrected chi connectivity index (χ4v) is 3.54. The van der Waals surface area contributed by atoms with Crippen LogP contribution in [0.25, 0.3) is 0 Å². The Hall–Kier alpha value is -1.46. The molecule has 0 saturated heterocycles. The van der Waals surface area contributed by atoms with E-state index in [4.69, 9.17) is 9.47 Å². The minimum Gasteiger partial charge on any atom is -0.382 e. The quantitative estimate of drug-likeness (QED) is 0.785. The standard InChI is InChI=1S/C17H22FNO3/c1-12(22-10-9-21-2)16(20)19-11-17(7-4-8-17)15-13(18)5-3-6-14(15)19/h3,5-6,12H,4,7-11H2,1-2H3. The predicted octanol–water partition coefficient (Wildman–Crippen LogP) is 2.65. The first-order valence-corrected chi connectivity index (χ1v) is 7.80. The highest BCUT2D eigenvalue weighted by atomic mass is 19.1. The Morgan fingerprint density at radius 2 is 2.18 bits per heavy atom. The lowest BCUT2D eigenvalue weighted by atomic mass is 9.65. The van der Waals surface area contributed by atoms with Crippen LogP contribution in [0.5, 0.6) is 0 Å². The summed E-state index contributed by atoms with van der Waals surface area (Å²) < 4.78 is 24.7. The van der Waals surface area contributed by atoms with Gasteiger partial charge in [-0.2, -0.15) is 0 Å². The number of anilines is 1. The highest BCUT2D eigenvalue weighted by Gasteiger charge is 2.50. The zero-order chi connectivity index (χ0) is 15.7. The van der Waals surface area contributed by atoms with Crippen molar-refractivity contribution in [2.45, 2.75) is 37.7 Å². The number of rotatable bonds is 5. The second kappa shape index (κ2) is 5.97. The molecular formula is C17H22FNO3. The predicted molar refractivity (Wildman–Crippen MR) is 81.6 cm³/mol. The number of halogens is 1. The molecule has 5 heteroatoms. The van der Waals surface area contributed by atoms with Gasteiger partial charge in [0, 0.05) is 24.6 Å². The van der Waals surface area contributed by atoms with Crippen LogP contribution in [0.15, 0.2) is 18.2 Å². The lowest BCUT2D eigenvalue weighted by Gasteiger charge is -2.39. The lowest BCUT2D eigenvalue weighted by Crippen LogP contribution is -2.45. The first kappa shape index (κ1) is 15.4. The van der Waals surface area contributed by atoms with Gasteiger partial charge in [0.05, 0.1) is 18.9 Å². The summed E-state index contributed by atoms with van der Waals surface area (Å²) in [7, 11) is 1.59. The molecule has 1 atom stereocenters. The molecule has 1 unspecified atom stereocenters. The first-order chi connectivity index (χ1) is 10.6. The maximum atomic E-state index is 14.3. The molecule has 1 amide bonds. The summed E-state index contributed by atoms with van der Waals surface area (Å²) in [6, 6.07) is 5.00. The normalized spacial score (nSPS) is 19.9. The third-order valence-corrected chi connectivity index (χ3v) is 4.85. The number of fused-ring (bicyclic) bond motifs is 2. The number of ether oxygens (including phenoxy) is 2. The van der Waals surface area contributed by atoms with Crippen LogP contribution in [-0.2, 0) is 19.7 Å². The zero-order valence-electron chi connectivity index (χ0n) is 13.1. The second-order valence-electron chi connectivity index (χ2n) is 6.20. The maximum Gasteiger partial charge on any atom is 0.255 e. The average molecular weight is 307 g/mol. The topological polar surface area (TPSA) is 38.8 Å². The fourth-order valence-electron chi connectivity index (χ4n) is 3.54. The largest absolute Gasteiger partial charge is 0.382 e. The van der Waals surface area contributed by atoms with Crippen LogP contribution in [0.2, 0.25) is 0 Å². The molecule has 1 aliphatic heterocycles. The Morgan fingerprint density at radius 3 is 2.82 bits per heavy atom. The van der Waals surface area contributed by atoms with Gasteiger partial charge in [0.2, 0.25) is 0 Å². The van der Waals surface area contributed by atoms with Crippen molar-refractivity contribution >= 4 is 11.6 Å². The summed E-state index contributed by atoms with van der Waals surface area (Å²) >= 11 is 0. The molecule has 0 aromatic heterocycles. The van der Waals surface area contributed by atoms with Gasteiger partial charge in [-0.25, -0.2) is 4.39 Å². The van der Waals surface area contributed by atoms with Crippen LogP contribution in [0.3, 0.4) is 0 Å². The summed E-state index contributed by atoms with van der Waals surface area (Å²) in [6.45, 7) is 3.13. The number of methoxy groups -OCH3 is 1. The van der Waals surface area contributed by atoms with E-state index >= 15 is 0 Å². The summed E-state index contributed by atoms with van der Waals surface area (Å²) in [5.74, 6) is -0.299. The smallest absolute Gasteiger partial charge is 0.255 e. The molecule has 1 aliphatic carbocycles. The molecule has 3 rings (SSSR count). The average Bonchev–Trinajstić information content (AvgIpc) is 2.83. The Bertz CT molecular complexity index is 571. The molecule has 22 heavy (non-hydrogen) atoms. The maximum absolute atomic E-state index is 14.3. The Labute approximate surface area is 130 Å². The highest BCUT2D eigenvalue weighted by Crippen LogP contribution is 2.53. The number of amides is 1. The second-order valence-corrected chi connectivity index (χ2v) is 6.20. The molecule has 1 saturated carbocycles. The van der Waals surface area contributed by atoms with Gasteiger partial charge in [0.1, 0.15) is 11.9 Å². The van der Waals surface area contributed by atoms with Crippen LogP contribution in [-0.4, -0.2) is 38.9 Å². The molecule has 4 nitrogen and oxygen atoms in total. The summed E-state index contributed by atoms with van der Waals surface area (Å²) in [5, 5.41) is 0. The molecule has 1 fully saturated rings. The van der Waals surface area contributed by atoms with E-state index in [2.05, 4.69) is 0 Å². The van der Waals surface area contributed by atoms with Gasteiger partial charge in [-0.3, -0.25) is 4.79 Å². The van der Waals surface area contributed by atoms with E-state index in [0.29, 0.717) is 25.4 Å². The van der Waals surface area contributed by atoms with Gasteiger partial charge in [0.15, 0.2) is 0 Å². The van der Waals surface area contributed by atoms with Gasteiger partial charge in [0.25, 0.3) is 5.91 Å². The molecule has 1 heterocycles. The van der Waals surface area contributed by atoms with Crippen molar-refractivity contribution in [1.29, 1.82) is 0 Å². The number of carbonyl (C=O) groups is 1. The van der Waals surface area contributed by atoms with E-state index < -0.39 is 6.10 Å². The van der Waals surface area contributed by atoms with Crippen LogP contribution in [0.4, 0.5) is 10.1 Å². The van der Waals surface area contributed by atoms with Crippen molar-refractivity contribution in [3.8, 4) is 0 Å². The number of hydrogen-bond acceptors (Lipinski definition) is 3. The molecule has 1 aromatic rings. The van der Waals surface area contributed by atoms with Crippen molar-refractivity contribution in [2.24, 2.45) is 0 Å². The molecule has 1 spiro atoms. The lowest BCUT2D eigenvalue weighted by molar-refractivity contribution is -0.129. The fraction of sp³-hybridized carbons (Fsp3) is 0.588. The molecule has 120 valence electrons. The van der Waals surface area contributed by atoms with Crippen molar-refractivity contribution in [1.82, 2.24) is 0 Å². The van der Waals surface area contributed by atoms with Crippen molar-refractivity contribution < 1.29 is 18.7 Å². The van der Waals surface area contributed by atoms with E-state index in [-0.39, 0.29) is 17.1 Å². The summed E-state index contributed by atoms with van der Waals surface area (Å²) in [6.07, 6.45) is 2.43. The van der Waals surface area contributed by atoms with Crippen LogP contribution >= 0.6 is 0 Å². The van der Waals surface area contributed by atoms with Gasteiger partial charge in [-0.15, -0.1) is 0 Å². The molecular weight excluding hydrogens is 285 g/mol. The van der Waals surface area contributed by atoms with Crippen LogP contribution < -0.4 is 4.90 Å². The monoisotopic (exact) mass is 307 g/mol. The Kier molecular flexibility index (Phi) is 4.19. The van der Waals surface area contributed by atoms with Gasteiger partial charge in [-0.05, 0) is 31.9 Å². The van der Waals surface area contributed by atoms with Gasteiger partial charge < -0.3 is 14.4 Å². The van der Waals surface area contributed by atoms with Crippen molar-refractivity contribution in [3.63, 3.8) is 0 Å². The number of benzene rings is 1. The minimum absolute atomic E-state index is 0.105. The Morgan fingerprint density at radius 1 is 1.41 bits per heavy atom. The number of nitrogens with zero attached hydrogens (tertiary/aromatic N) is 1. The van der Waals surface area contributed by atoms with E-state index in [1.807, 2.05) is 6.07 Å². The van der Waals surface area contributed by atoms with E-state index in [0.717, 1.165) is 24.8 Å². The number of carbonyl (C=O) groups excluding carboxylic acids is 1. The third-order valence-electron chi connectivity index (χ3n) is 4.85. The van der Waals surface area contributed by atoms with Crippen molar-refractivity contribution in [3.05, 3.63) is 29.6 Å². The van der Waals surface area contributed by atoms with Crippen LogP contribution in [0.1, 0.15) is 31.7 Å². The molecule has 0 radical (unpaired) electrons. The van der Waals surface area contributed by atoms with Gasteiger partial charge >= 0.3 is 0 Å². The van der Waals surface area contributed by atoms with Crippen LogP contribution in [0, 0.1) is 5.82 Å². The van der Waals surface area contributed by atoms with E-state index in [1.54, 1.807) is 25.0 Å². The van der Waals surface area contributed by atoms with Gasteiger partial charge in [-0.1, -0.05) is 12.5 Å².